The third-order valence-corrected chi connectivity index (χ3v) is 3.93. The zero-order valence-corrected chi connectivity index (χ0v) is 12.6. The van der Waals surface area contributed by atoms with Gasteiger partial charge in [0.1, 0.15) is 5.75 Å². The van der Waals surface area contributed by atoms with E-state index in [0.29, 0.717) is 12.5 Å². The Morgan fingerprint density at radius 3 is 2.95 bits per heavy atom. The quantitative estimate of drug-likeness (QED) is 0.920. The third-order valence-electron chi connectivity index (χ3n) is 3.93. The predicted octanol–water partition coefficient (Wildman–Crippen LogP) is 3.18. The van der Waals surface area contributed by atoms with Gasteiger partial charge in [-0.25, -0.2) is 4.39 Å². The summed E-state index contributed by atoms with van der Waals surface area (Å²) >= 11 is 0. The van der Waals surface area contributed by atoms with Crippen molar-refractivity contribution in [1.82, 2.24) is 5.32 Å². The Kier molecular flexibility index (Phi) is 4.59. The molecule has 1 aliphatic rings. The molecule has 0 aromatic heterocycles. The van der Waals surface area contributed by atoms with E-state index in [-0.39, 0.29) is 11.6 Å². The molecule has 0 saturated carbocycles. The van der Waals surface area contributed by atoms with Gasteiger partial charge in [-0.05, 0) is 35.7 Å². The highest BCUT2D eigenvalue weighted by molar-refractivity contribution is 5.35. The summed E-state index contributed by atoms with van der Waals surface area (Å²) in [5.74, 6) is 1.40. The third kappa shape index (κ3) is 3.39. The summed E-state index contributed by atoms with van der Waals surface area (Å²) in [5.41, 5.74) is 2.17. The first-order valence-electron chi connectivity index (χ1n) is 7.50. The molecule has 0 saturated heterocycles. The van der Waals surface area contributed by atoms with Gasteiger partial charge in [-0.15, -0.1) is 0 Å². The molecule has 0 bridgehead atoms. The molecule has 1 N–H and O–H groups in total. The molecule has 3 rings (SSSR count). The van der Waals surface area contributed by atoms with Gasteiger partial charge in [-0.1, -0.05) is 24.3 Å². The van der Waals surface area contributed by atoms with Crippen molar-refractivity contribution in [2.75, 3.05) is 20.3 Å². The molecule has 0 aliphatic carbocycles. The monoisotopic (exact) mass is 301 g/mol. The predicted molar refractivity (Wildman–Crippen MR) is 83.8 cm³/mol. The highest BCUT2D eigenvalue weighted by atomic mass is 19.1. The number of ether oxygens (including phenoxy) is 2. The molecule has 1 heterocycles. The second-order valence-electron chi connectivity index (χ2n) is 5.59. The van der Waals surface area contributed by atoms with Crippen molar-refractivity contribution in [3.05, 3.63) is 59.4 Å². The van der Waals surface area contributed by atoms with E-state index in [2.05, 4.69) is 11.4 Å². The number of methoxy groups -OCH3 is 1. The Morgan fingerprint density at radius 2 is 2.14 bits per heavy atom. The molecule has 2 aromatic rings. The van der Waals surface area contributed by atoms with Gasteiger partial charge in [0.05, 0.1) is 13.7 Å². The van der Waals surface area contributed by atoms with E-state index in [1.54, 1.807) is 6.07 Å². The molecule has 116 valence electrons. The van der Waals surface area contributed by atoms with Gasteiger partial charge >= 0.3 is 0 Å². The van der Waals surface area contributed by atoms with Crippen LogP contribution in [0.25, 0.3) is 0 Å². The first-order valence-corrected chi connectivity index (χ1v) is 7.50. The van der Waals surface area contributed by atoms with Gasteiger partial charge in [-0.2, -0.15) is 0 Å². The van der Waals surface area contributed by atoms with E-state index < -0.39 is 0 Å². The summed E-state index contributed by atoms with van der Waals surface area (Å²) in [4.78, 5) is 0. The van der Waals surface area contributed by atoms with Crippen LogP contribution in [0.15, 0.2) is 42.5 Å². The van der Waals surface area contributed by atoms with Crippen LogP contribution >= 0.6 is 0 Å². The molecular formula is C18H20FNO2. The van der Waals surface area contributed by atoms with E-state index in [9.17, 15) is 4.39 Å². The number of nitrogens with one attached hydrogen (secondary N) is 1. The maximum absolute atomic E-state index is 13.6. The Balaban J connectivity index is 1.51. The van der Waals surface area contributed by atoms with E-state index in [0.717, 1.165) is 30.9 Å². The second kappa shape index (κ2) is 6.79. The molecule has 2 aromatic carbocycles. The van der Waals surface area contributed by atoms with Gasteiger partial charge in [-0.3, -0.25) is 0 Å². The van der Waals surface area contributed by atoms with Crippen LogP contribution in [-0.2, 0) is 13.0 Å². The normalized spacial score (nSPS) is 16.7. The van der Waals surface area contributed by atoms with Crippen molar-refractivity contribution >= 4 is 0 Å². The van der Waals surface area contributed by atoms with Crippen LogP contribution in [0, 0.1) is 11.7 Å². The molecule has 1 unspecified atom stereocenters. The van der Waals surface area contributed by atoms with E-state index in [1.165, 1.54) is 18.7 Å². The van der Waals surface area contributed by atoms with Crippen LogP contribution in [0.3, 0.4) is 0 Å². The molecule has 0 radical (unpaired) electrons. The van der Waals surface area contributed by atoms with E-state index in [1.807, 2.05) is 24.3 Å². The van der Waals surface area contributed by atoms with Gasteiger partial charge in [0.2, 0.25) is 0 Å². The van der Waals surface area contributed by atoms with Crippen molar-refractivity contribution in [1.29, 1.82) is 0 Å². The fraction of sp³-hybridized carbons (Fsp3) is 0.333. The summed E-state index contributed by atoms with van der Waals surface area (Å²) in [6.07, 6.45) is 1.01. The zero-order chi connectivity index (χ0) is 15.4. The number of rotatable bonds is 5. The maximum Gasteiger partial charge on any atom is 0.165 e. The zero-order valence-electron chi connectivity index (χ0n) is 12.6. The van der Waals surface area contributed by atoms with E-state index >= 15 is 0 Å². The standard InChI is InChI=1S/C18H20FNO2/c1-21-18-7-6-13(9-16(18)19)10-20-11-14-8-15-4-2-3-5-17(15)22-12-14/h2-7,9,14,20H,8,10-12H2,1H3. The summed E-state index contributed by atoms with van der Waals surface area (Å²) in [6.45, 7) is 2.21. The summed E-state index contributed by atoms with van der Waals surface area (Å²) in [5, 5.41) is 3.38. The van der Waals surface area contributed by atoms with Gasteiger partial charge in [0.15, 0.2) is 11.6 Å². The van der Waals surface area contributed by atoms with Crippen molar-refractivity contribution in [3.63, 3.8) is 0 Å². The Labute approximate surface area is 130 Å². The van der Waals surface area contributed by atoms with Crippen LogP contribution in [0.4, 0.5) is 4.39 Å². The van der Waals surface area contributed by atoms with Gasteiger partial charge in [0.25, 0.3) is 0 Å². The first kappa shape index (κ1) is 14.9. The minimum absolute atomic E-state index is 0.279. The van der Waals surface area contributed by atoms with E-state index in [4.69, 9.17) is 9.47 Å². The number of halogens is 1. The SMILES string of the molecule is COc1ccc(CNCC2COc3ccccc3C2)cc1F. The van der Waals surface area contributed by atoms with Crippen LogP contribution in [0.1, 0.15) is 11.1 Å². The number of benzene rings is 2. The molecule has 0 fully saturated rings. The second-order valence-corrected chi connectivity index (χ2v) is 5.59. The average Bonchev–Trinajstić information content (AvgIpc) is 2.55. The number of hydrogen-bond acceptors (Lipinski definition) is 3. The van der Waals surface area contributed by atoms with Crippen molar-refractivity contribution in [3.8, 4) is 11.5 Å². The molecule has 1 aliphatic heterocycles. The lowest BCUT2D eigenvalue weighted by Crippen LogP contribution is -2.31. The van der Waals surface area contributed by atoms with Crippen LogP contribution in [0.5, 0.6) is 11.5 Å². The lowest BCUT2D eigenvalue weighted by Gasteiger charge is -2.25. The fourth-order valence-corrected chi connectivity index (χ4v) is 2.76. The molecule has 1 atom stereocenters. The van der Waals surface area contributed by atoms with Crippen LogP contribution in [0.2, 0.25) is 0 Å². The highest BCUT2D eigenvalue weighted by Crippen LogP contribution is 2.26. The molecule has 0 amide bonds. The topological polar surface area (TPSA) is 30.5 Å². The van der Waals surface area contributed by atoms with Crippen molar-refractivity contribution in [2.45, 2.75) is 13.0 Å². The average molecular weight is 301 g/mol. The summed E-state index contributed by atoms with van der Waals surface area (Å²) in [7, 11) is 1.47. The first-order chi connectivity index (χ1) is 10.8. The van der Waals surface area contributed by atoms with Gasteiger partial charge < -0.3 is 14.8 Å². The van der Waals surface area contributed by atoms with Gasteiger partial charge in [0, 0.05) is 19.0 Å². The number of para-hydroxylation sites is 1. The highest BCUT2D eigenvalue weighted by Gasteiger charge is 2.18. The lowest BCUT2D eigenvalue weighted by atomic mass is 9.97. The minimum Gasteiger partial charge on any atom is -0.494 e. The molecule has 0 spiro atoms. The minimum atomic E-state index is -0.322. The molecule has 4 heteroatoms. The Morgan fingerprint density at radius 1 is 1.27 bits per heavy atom. The summed E-state index contributed by atoms with van der Waals surface area (Å²) < 4.78 is 24.3. The van der Waals surface area contributed by atoms with Crippen molar-refractivity contribution in [2.24, 2.45) is 5.92 Å². The summed E-state index contributed by atoms with van der Waals surface area (Å²) in [6, 6.07) is 13.2. The number of fused-ring (bicyclic) bond motifs is 1. The number of hydrogen-bond donors (Lipinski definition) is 1. The smallest absolute Gasteiger partial charge is 0.165 e. The Bertz CT molecular complexity index is 645. The van der Waals surface area contributed by atoms with Crippen LogP contribution < -0.4 is 14.8 Å². The van der Waals surface area contributed by atoms with Crippen molar-refractivity contribution < 1.29 is 13.9 Å². The molecule has 3 nitrogen and oxygen atoms in total. The largest absolute Gasteiger partial charge is 0.494 e. The van der Waals surface area contributed by atoms with Crippen LogP contribution in [-0.4, -0.2) is 20.3 Å². The maximum atomic E-state index is 13.6. The molecule has 22 heavy (non-hydrogen) atoms. The Hall–Kier alpha value is -2.07. The fourth-order valence-electron chi connectivity index (χ4n) is 2.76. The molecular weight excluding hydrogens is 281 g/mol. The lowest BCUT2D eigenvalue weighted by molar-refractivity contribution is 0.218.